The summed E-state index contributed by atoms with van der Waals surface area (Å²) in [5.41, 5.74) is -0.502. The molecule has 2 aromatic heterocycles. The lowest BCUT2D eigenvalue weighted by Crippen LogP contribution is -2.44. The predicted octanol–water partition coefficient (Wildman–Crippen LogP) is 2.55. The zero-order valence-electron chi connectivity index (χ0n) is 14.8. The number of likely N-dealkylation sites (N-methyl/N-ethyl adjacent to an activating group) is 1. The molecule has 4 rings (SSSR count). The summed E-state index contributed by atoms with van der Waals surface area (Å²) in [5.74, 6) is -2.04. The maximum Gasteiger partial charge on any atom is 0.342 e. The van der Waals surface area contributed by atoms with Gasteiger partial charge < -0.3 is 19.3 Å². The highest BCUT2D eigenvalue weighted by molar-refractivity contribution is 7.16. The molecule has 1 saturated heterocycles. The van der Waals surface area contributed by atoms with Crippen LogP contribution in [0.1, 0.15) is 16.1 Å². The van der Waals surface area contributed by atoms with Crippen LogP contribution in [0.15, 0.2) is 16.9 Å². The first-order valence-electron chi connectivity index (χ1n) is 8.43. The van der Waals surface area contributed by atoms with Crippen LogP contribution in [0, 0.1) is 17.9 Å². The van der Waals surface area contributed by atoms with Gasteiger partial charge >= 0.3 is 5.97 Å². The Hall–Kier alpha value is -2.52. The number of benzene rings is 1. The van der Waals surface area contributed by atoms with Crippen molar-refractivity contribution in [3.8, 4) is 0 Å². The molecule has 9 heteroatoms. The maximum atomic E-state index is 14.8. The molecule has 0 radical (unpaired) electrons. The van der Waals surface area contributed by atoms with Crippen molar-refractivity contribution < 1.29 is 18.7 Å². The van der Waals surface area contributed by atoms with E-state index >= 15 is 0 Å². The van der Waals surface area contributed by atoms with Crippen LogP contribution in [0.4, 0.5) is 14.5 Å². The summed E-state index contributed by atoms with van der Waals surface area (Å²) < 4.78 is 30.4. The molecule has 27 heavy (non-hydrogen) atoms. The van der Waals surface area contributed by atoms with E-state index in [2.05, 4.69) is 4.90 Å². The minimum Gasteiger partial charge on any atom is -0.477 e. The third-order valence-corrected chi connectivity index (χ3v) is 6.11. The molecule has 1 aromatic carbocycles. The number of rotatable bonds is 2. The molecule has 0 spiro atoms. The first kappa shape index (κ1) is 17.9. The highest BCUT2D eigenvalue weighted by Gasteiger charge is 2.25. The molecule has 1 fully saturated rings. The molecular weight excluding hydrogens is 376 g/mol. The number of anilines is 1. The van der Waals surface area contributed by atoms with Crippen LogP contribution in [-0.4, -0.2) is 53.6 Å². The molecule has 3 aromatic rings. The summed E-state index contributed by atoms with van der Waals surface area (Å²) in [6.45, 7) is 4.31. The quantitative estimate of drug-likeness (QED) is 0.725. The zero-order valence-corrected chi connectivity index (χ0v) is 15.6. The number of aryl methyl sites for hydroxylation is 1. The van der Waals surface area contributed by atoms with Gasteiger partial charge in [0.1, 0.15) is 16.2 Å². The number of carbonyl (C=O) groups is 1. The Bertz CT molecular complexity index is 1150. The van der Waals surface area contributed by atoms with Crippen molar-refractivity contribution in [2.45, 2.75) is 6.92 Å². The largest absolute Gasteiger partial charge is 0.477 e. The fourth-order valence-corrected chi connectivity index (χ4v) is 4.54. The lowest BCUT2D eigenvalue weighted by atomic mass is 10.1. The highest BCUT2D eigenvalue weighted by Crippen LogP contribution is 2.31. The Morgan fingerprint density at radius 1 is 1.19 bits per heavy atom. The van der Waals surface area contributed by atoms with Gasteiger partial charge in [-0.25, -0.2) is 9.18 Å². The Labute approximate surface area is 156 Å². The Morgan fingerprint density at radius 3 is 2.48 bits per heavy atom. The summed E-state index contributed by atoms with van der Waals surface area (Å²) in [4.78, 5) is 28.3. The van der Waals surface area contributed by atoms with Crippen molar-refractivity contribution in [3.05, 3.63) is 44.6 Å². The number of aromatic nitrogens is 1. The molecule has 1 aliphatic rings. The van der Waals surface area contributed by atoms with E-state index in [-0.39, 0.29) is 15.9 Å². The first-order chi connectivity index (χ1) is 12.8. The number of nitrogens with zero attached hydrogens (tertiary/aromatic N) is 3. The molecule has 0 aliphatic carbocycles. The predicted molar refractivity (Wildman–Crippen MR) is 100 cm³/mol. The SMILES string of the molecule is Cc1c(F)sc2c(C(=O)O)c(=O)c3cc(F)c(N4CCN(C)CC4)cc3n12. The molecule has 3 heterocycles. The van der Waals surface area contributed by atoms with Crippen LogP contribution in [0.5, 0.6) is 0 Å². The molecule has 1 aliphatic heterocycles. The molecule has 142 valence electrons. The van der Waals surface area contributed by atoms with Gasteiger partial charge in [0.25, 0.3) is 0 Å². The third-order valence-electron chi connectivity index (χ3n) is 5.06. The molecule has 0 saturated carbocycles. The van der Waals surface area contributed by atoms with Gasteiger partial charge in [0.05, 0.1) is 22.3 Å². The van der Waals surface area contributed by atoms with Crippen LogP contribution < -0.4 is 10.3 Å². The second kappa shape index (κ2) is 6.28. The smallest absolute Gasteiger partial charge is 0.342 e. The van der Waals surface area contributed by atoms with Gasteiger partial charge in [-0.3, -0.25) is 4.79 Å². The number of carboxylic acid groups (broad SMARTS) is 1. The average molecular weight is 393 g/mol. The second-order valence-corrected chi connectivity index (χ2v) is 7.67. The Morgan fingerprint density at radius 2 is 1.85 bits per heavy atom. The summed E-state index contributed by atoms with van der Waals surface area (Å²) in [7, 11) is 1.99. The van der Waals surface area contributed by atoms with Crippen LogP contribution in [0.3, 0.4) is 0 Å². The van der Waals surface area contributed by atoms with E-state index < -0.39 is 27.9 Å². The summed E-state index contributed by atoms with van der Waals surface area (Å²) in [6.07, 6.45) is 0. The molecular formula is C18H17F2N3O3S. The average Bonchev–Trinajstić information content (AvgIpc) is 2.90. The van der Waals surface area contributed by atoms with Crippen molar-refractivity contribution in [1.29, 1.82) is 0 Å². The molecule has 6 nitrogen and oxygen atoms in total. The van der Waals surface area contributed by atoms with Gasteiger partial charge in [0, 0.05) is 26.2 Å². The van der Waals surface area contributed by atoms with Gasteiger partial charge in [-0.15, -0.1) is 0 Å². The van der Waals surface area contributed by atoms with Gasteiger partial charge in [-0.1, -0.05) is 11.3 Å². The van der Waals surface area contributed by atoms with E-state index in [1.165, 1.54) is 17.4 Å². The van der Waals surface area contributed by atoms with Crippen LogP contribution in [-0.2, 0) is 0 Å². The van der Waals surface area contributed by atoms with E-state index in [1.807, 2.05) is 11.9 Å². The lowest BCUT2D eigenvalue weighted by molar-refractivity contribution is 0.0697. The molecule has 0 atom stereocenters. The standard InChI is InChI=1S/C18H17F2N3O3S/c1-9-16(20)27-17-14(18(25)26)15(24)10-7-11(19)13(8-12(10)23(9)17)22-5-3-21(2)4-6-22/h7-8H,3-6H2,1-2H3,(H,25,26). The summed E-state index contributed by atoms with van der Waals surface area (Å²) in [6, 6.07) is 2.59. The van der Waals surface area contributed by atoms with Gasteiger partial charge in [0.2, 0.25) is 5.43 Å². The summed E-state index contributed by atoms with van der Waals surface area (Å²) >= 11 is 0.610. The van der Waals surface area contributed by atoms with Crippen LogP contribution >= 0.6 is 11.3 Å². The fourth-order valence-electron chi connectivity index (χ4n) is 3.53. The van der Waals surface area contributed by atoms with Gasteiger partial charge in [-0.05, 0) is 26.1 Å². The van der Waals surface area contributed by atoms with Crippen molar-refractivity contribution in [1.82, 2.24) is 9.30 Å². The monoisotopic (exact) mass is 393 g/mol. The molecule has 0 amide bonds. The normalized spacial score (nSPS) is 15.8. The Kier molecular flexibility index (Phi) is 4.15. The van der Waals surface area contributed by atoms with Crippen LogP contribution in [0.25, 0.3) is 15.7 Å². The number of aromatic carboxylic acids is 1. The topological polar surface area (TPSA) is 65.3 Å². The number of pyridine rings is 1. The van der Waals surface area contributed by atoms with Crippen LogP contribution in [0.2, 0.25) is 0 Å². The number of carboxylic acids is 1. The van der Waals surface area contributed by atoms with E-state index in [1.54, 1.807) is 0 Å². The second-order valence-electron chi connectivity index (χ2n) is 6.72. The number of hydrogen-bond acceptors (Lipinski definition) is 5. The van der Waals surface area contributed by atoms with Crippen molar-refractivity contribution in [3.63, 3.8) is 0 Å². The van der Waals surface area contributed by atoms with E-state index in [9.17, 15) is 23.5 Å². The molecule has 0 bridgehead atoms. The number of piperazine rings is 1. The lowest BCUT2D eigenvalue weighted by Gasteiger charge is -2.34. The number of halogens is 2. The van der Waals surface area contributed by atoms with E-state index in [0.717, 1.165) is 19.2 Å². The molecule has 0 unspecified atom stereocenters. The Balaban J connectivity index is 2.06. The minimum absolute atomic E-state index is 0.0194. The highest BCUT2D eigenvalue weighted by atomic mass is 32.1. The van der Waals surface area contributed by atoms with Gasteiger partial charge in [0.15, 0.2) is 5.13 Å². The summed E-state index contributed by atoms with van der Waals surface area (Å²) in [5, 5.41) is 8.80. The van der Waals surface area contributed by atoms with Crippen molar-refractivity contribution in [2.24, 2.45) is 0 Å². The van der Waals surface area contributed by atoms with E-state index in [0.29, 0.717) is 35.6 Å². The first-order valence-corrected chi connectivity index (χ1v) is 9.25. The van der Waals surface area contributed by atoms with Crippen molar-refractivity contribution >= 4 is 38.7 Å². The zero-order chi connectivity index (χ0) is 19.5. The third kappa shape index (κ3) is 2.69. The minimum atomic E-state index is -1.45. The van der Waals surface area contributed by atoms with Gasteiger partial charge in [-0.2, -0.15) is 4.39 Å². The number of fused-ring (bicyclic) bond motifs is 3. The fraction of sp³-hybridized carbons (Fsp3) is 0.333. The molecule has 1 N–H and O–H groups in total. The maximum absolute atomic E-state index is 14.8. The van der Waals surface area contributed by atoms with Crippen molar-refractivity contribution in [2.75, 3.05) is 38.1 Å². The van der Waals surface area contributed by atoms with E-state index in [4.69, 9.17) is 0 Å². The number of hydrogen-bond donors (Lipinski definition) is 1. The number of thiazole rings is 1.